The molecule has 8 heteroatoms. The van der Waals surface area contributed by atoms with E-state index in [4.69, 9.17) is 5.73 Å². The van der Waals surface area contributed by atoms with Crippen LogP contribution >= 0.6 is 35.5 Å². The number of hydrogen-bond acceptors (Lipinski definition) is 6. The summed E-state index contributed by atoms with van der Waals surface area (Å²) in [4.78, 5) is 13.4. The van der Waals surface area contributed by atoms with Crippen molar-refractivity contribution in [3.05, 3.63) is 28.8 Å². The maximum Gasteiger partial charge on any atom is 0.227 e. The van der Waals surface area contributed by atoms with Crippen LogP contribution in [0.3, 0.4) is 0 Å². The molecule has 1 aromatic heterocycles. The van der Waals surface area contributed by atoms with Crippen LogP contribution in [0.15, 0.2) is 27.4 Å². The standard InChI is InChI=1S/C16H20N4OS2.ClH/c1-9-7-13(23-16-20-19-10(2)22-16)5-6-14(9)18-15(21)11-3-4-12(17)8-11;/h5-7,11-12H,3-4,8,17H2,1-2H3,(H,18,21);1H. The van der Waals surface area contributed by atoms with E-state index < -0.39 is 0 Å². The van der Waals surface area contributed by atoms with Crippen LogP contribution < -0.4 is 11.1 Å². The second-order valence-electron chi connectivity index (χ2n) is 5.93. The molecule has 1 amide bonds. The molecular formula is C16H21ClN4OS2. The minimum Gasteiger partial charge on any atom is -0.328 e. The summed E-state index contributed by atoms with van der Waals surface area (Å²) in [6.07, 6.45) is 2.61. The minimum atomic E-state index is 0. The second-order valence-corrected chi connectivity index (χ2v) is 8.43. The molecule has 3 N–H and O–H groups in total. The number of anilines is 1. The Balaban J connectivity index is 0.00000208. The summed E-state index contributed by atoms with van der Waals surface area (Å²) in [6.45, 7) is 3.95. The summed E-state index contributed by atoms with van der Waals surface area (Å²) in [6, 6.07) is 6.20. The molecule has 1 fully saturated rings. The summed E-state index contributed by atoms with van der Waals surface area (Å²) in [5.74, 6) is 0.129. The van der Waals surface area contributed by atoms with Gasteiger partial charge in [0.1, 0.15) is 5.01 Å². The van der Waals surface area contributed by atoms with Gasteiger partial charge >= 0.3 is 0 Å². The fraction of sp³-hybridized carbons (Fsp3) is 0.438. The Morgan fingerprint density at radius 1 is 1.33 bits per heavy atom. The molecule has 1 aliphatic rings. The third-order valence-corrected chi connectivity index (χ3v) is 5.89. The lowest BCUT2D eigenvalue weighted by Crippen LogP contribution is -2.23. The van der Waals surface area contributed by atoms with Gasteiger partial charge < -0.3 is 11.1 Å². The summed E-state index contributed by atoms with van der Waals surface area (Å²) in [5.41, 5.74) is 7.81. The fourth-order valence-corrected chi connectivity index (χ4v) is 4.64. The van der Waals surface area contributed by atoms with E-state index in [1.54, 1.807) is 23.1 Å². The Kier molecular flexibility index (Phi) is 6.62. The molecule has 0 aliphatic heterocycles. The van der Waals surface area contributed by atoms with E-state index in [9.17, 15) is 4.79 Å². The molecule has 130 valence electrons. The third kappa shape index (κ3) is 4.69. The van der Waals surface area contributed by atoms with Crippen molar-refractivity contribution in [2.24, 2.45) is 11.7 Å². The Morgan fingerprint density at radius 2 is 2.12 bits per heavy atom. The molecule has 0 saturated heterocycles. The van der Waals surface area contributed by atoms with Crippen LogP contribution in [0.25, 0.3) is 0 Å². The number of carbonyl (C=O) groups is 1. The highest BCUT2D eigenvalue weighted by atomic mass is 35.5. The van der Waals surface area contributed by atoms with Crippen LogP contribution in [0, 0.1) is 19.8 Å². The van der Waals surface area contributed by atoms with Gasteiger partial charge in [-0.15, -0.1) is 22.6 Å². The highest BCUT2D eigenvalue weighted by molar-refractivity contribution is 8.01. The average molecular weight is 385 g/mol. The number of benzene rings is 1. The number of carbonyl (C=O) groups excluding carboxylic acids is 1. The van der Waals surface area contributed by atoms with Crippen LogP contribution in [-0.4, -0.2) is 22.1 Å². The molecule has 1 aromatic carbocycles. The predicted molar refractivity (Wildman–Crippen MR) is 101 cm³/mol. The first-order valence-corrected chi connectivity index (χ1v) is 9.29. The zero-order chi connectivity index (χ0) is 16.4. The van der Waals surface area contributed by atoms with Gasteiger partial charge in [-0.05, 0) is 56.9 Å². The Bertz CT molecular complexity index is 722. The predicted octanol–water partition coefficient (Wildman–Crippen LogP) is 3.79. The molecule has 2 unspecified atom stereocenters. The molecule has 0 radical (unpaired) electrons. The van der Waals surface area contributed by atoms with Crippen molar-refractivity contribution in [1.82, 2.24) is 10.2 Å². The van der Waals surface area contributed by atoms with E-state index in [0.717, 1.165) is 44.8 Å². The number of rotatable bonds is 4. The van der Waals surface area contributed by atoms with Gasteiger partial charge in [-0.2, -0.15) is 0 Å². The van der Waals surface area contributed by atoms with Gasteiger partial charge in [0.25, 0.3) is 0 Å². The second kappa shape index (κ2) is 8.29. The van der Waals surface area contributed by atoms with E-state index in [1.807, 2.05) is 26.0 Å². The number of aryl methyl sites for hydroxylation is 2. The summed E-state index contributed by atoms with van der Waals surface area (Å²) >= 11 is 3.17. The van der Waals surface area contributed by atoms with Crippen molar-refractivity contribution in [3.63, 3.8) is 0 Å². The zero-order valence-electron chi connectivity index (χ0n) is 13.6. The van der Waals surface area contributed by atoms with Crippen LogP contribution in [0.4, 0.5) is 5.69 Å². The Morgan fingerprint density at radius 3 is 2.71 bits per heavy atom. The minimum absolute atomic E-state index is 0. The molecular weight excluding hydrogens is 364 g/mol. The van der Waals surface area contributed by atoms with E-state index in [0.29, 0.717) is 0 Å². The van der Waals surface area contributed by atoms with Crippen LogP contribution in [0.1, 0.15) is 29.8 Å². The monoisotopic (exact) mass is 384 g/mol. The van der Waals surface area contributed by atoms with Crippen molar-refractivity contribution < 1.29 is 4.79 Å². The fourth-order valence-electron chi connectivity index (χ4n) is 2.75. The number of amides is 1. The molecule has 2 atom stereocenters. The van der Waals surface area contributed by atoms with Gasteiger partial charge in [-0.25, -0.2) is 0 Å². The SMILES string of the molecule is Cc1nnc(Sc2ccc(NC(=O)C3CCC(N)C3)c(C)c2)s1.Cl. The number of hydrogen-bond donors (Lipinski definition) is 2. The van der Waals surface area contributed by atoms with E-state index in [-0.39, 0.29) is 30.3 Å². The Labute approximate surface area is 156 Å². The van der Waals surface area contributed by atoms with Crippen molar-refractivity contribution in [2.45, 2.75) is 48.4 Å². The molecule has 1 saturated carbocycles. The van der Waals surface area contributed by atoms with E-state index in [2.05, 4.69) is 21.6 Å². The lowest BCUT2D eigenvalue weighted by molar-refractivity contribution is -0.119. The number of nitrogens with two attached hydrogens (primary N) is 1. The zero-order valence-corrected chi connectivity index (χ0v) is 16.1. The first-order valence-electron chi connectivity index (χ1n) is 7.66. The quantitative estimate of drug-likeness (QED) is 0.837. The highest BCUT2D eigenvalue weighted by Crippen LogP contribution is 2.32. The van der Waals surface area contributed by atoms with E-state index >= 15 is 0 Å². The average Bonchev–Trinajstić information content (AvgIpc) is 3.10. The van der Waals surface area contributed by atoms with Crippen molar-refractivity contribution in [2.75, 3.05) is 5.32 Å². The van der Waals surface area contributed by atoms with E-state index in [1.165, 1.54) is 0 Å². The largest absolute Gasteiger partial charge is 0.328 e. The topological polar surface area (TPSA) is 80.9 Å². The molecule has 1 aliphatic carbocycles. The third-order valence-electron chi connectivity index (χ3n) is 4.01. The smallest absolute Gasteiger partial charge is 0.227 e. The van der Waals surface area contributed by atoms with Gasteiger partial charge in [-0.1, -0.05) is 23.1 Å². The van der Waals surface area contributed by atoms with Crippen LogP contribution in [0.2, 0.25) is 0 Å². The lowest BCUT2D eigenvalue weighted by Gasteiger charge is -2.13. The molecule has 24 heavy (non-hydrogen) atoms. The first kappa shape index (κ1) is 19.2. The molecule has 2 aromatic rings. The lowest BCUT2D eigenvalue weighted by atomic mass is 10.1. The number of aromatic nitrogens is 2. The maximum absolute atomic E-state index is 12.3. The molecule has 3 rings (SSSR count). The number of nitrogens with zero attached hydrogens (tertiary/aromatic N) is 2. The van der Waals surface area contributed by atoms with Crippen molar-refractivity contribution >= 4 is 47.1 Å². The molecule has 0 spiro atoms. The van der Waals surface area contributed by atoms with Gasteiger partial charge in [0.05, 0.1) is 0 Å². The molecule has 1 heterocycles. The first-order chi connectivity index (χ1) is 11.0. The summed E-state index contributed by atoms with van der Waals surface area (Å²) in [5, 5.41) is 12.1. The van der Waals surface area contributed by atoms with Crippen molar-refractivity contribution in [3.8, 4) is 0 Å². The van der Waals surface area contributed by atoms with Crippen LogP contribution in [0.5, 0.6) is 0 Å². The highest BCUT2D eigenvalue weighted by Gasteiger charge is 2.27. The number of halogens is 1. The normalized spacial score (nSPS) is 19.8. The van der Waals surface area contributed by atoms with Gasteiger partial charge in [0.15, 0.2) is 4.34 Å². The summed E-state index contributed by atoms with van der Waals surface area (Å²) < 4.78 is 0.929. The summed E-state index contributed by atoms with van der Waals surface area (Å²) in [7, 11) is 0. The van der Waals surface area contributed by atoms with Gasteiger partial charge in [0.2, 0.25) is 5.91 Å². The molecule has 0 bridgehead atoms. The number of nitrogens with one attached hydrogen (secondary N) is 1. The molecule has 5 nitrogen and oxygen atoms in total. The van der Waals surface area contributed by atoms with Crippen molar-refractivity contribution in [1.29, 1.82) is 0 Å². The van der Waals surface area contributed by atoms with Gasteiger partial charge in [-0.3, -0.25) is 4.79 Å². The van der Waals surface area contributed by atoms with Crippen LogP contribution in [-0.2, 0) is 4.79 Å². The Hall–Kier alpha value is -1.15. The van der Waals surface area contributed by atoms with Gasteiger partial charge in [0, 0.05) is 22.5 Å². The maximum atomic E-state index is 12.3.